The molecular formula is C48H97NO7P+. The van der Waals surface area contributed by atoms with Crippen molar-refractivity contribution in [3.63, 3.8) is 0 Å². The van der Waals surface area contributed by atoms with Crippen molar-refractivity contribution in [2.45, 2.75) is 238 Å². The van der Waals surface area contributed by atoms with Gasteiger partial charge in [-0.3, -0.25) is 13.8 Å². The van der Waals surface area contributed by atoms with Crippen LogP contribution in [0.3, 0.4) is 0 Å². The van der Waals surface area contributed by atoms with Crippen molar-refractivity contribution in [2.24, 2.45) is 0 Å². The highest BCUT2D eigenvalue weighted by molar-refractivity contribution is 7.47. The second-order valence-corrected chi connectivity index (χ2v) is 19.3. The first kappa shape index (κ1) is 56.2. The lowest BCUT2D eigenvalue weighted by atomic mass is 10.0. The molecule has 0 spiro atoms. The summed E-state index contributed by atoms with van der Waals surface area (Å²) in [6, 6.07) is 0. The third-order valence-corrected chi connectivity index (χ3v) is 11.8. The highest BCUT2D eigenvalue weighted by Gasteiger charge is 2.26. The van der Waals surface area contributed by atoms with Crippen LogP contribution in [0.2, 0.25) is 0 Å². The first-order valence-electron chi connectivity index (χ1n) is 24.4. The van der Waals surface area contributed by atoms with Crippen LogP contribution in [0.1, 0.15) is 232 Å². The van der Waals surface area contributed by atoms with Crippen LogP contribution >= 0.6 is 7.82 Å². The predicted octanol–water partition coefficient (Wildman–Crippen LogP) is 14.6. The standard InChI is InChI=1S/C48H96NO7P/c1-6-8-10-12-14-16-18-20-22-24-25-26-27-29-31-33-35-37-39-41-48(50)56-47(46-55-57(51,52)54-44-42-49(3,4)5)45-53-43-40-38-36-34-32-30-28-23-21-19-17-15-13-11-9-7-2/h24-25,47H,6-23,26-46H2,1-5H3/p+1/b25-24-/t47-/m1/s1. The van der Waals surface area contributed by atoms with Crippen LogP contribution in [-0.4, -0.2) is 75.6 Å². The minimum atomic E-state index is -4.27. The van der Waals surface area contributed by atoms with E-state index >= 15 is 0 Å². The molecule has 0 saturated heterocycles. The number of unbranched alkanes of at least 4 members (excludes halogenated alkanes) is 30. The maximum atomic E-state index is 12.7. The zero-order valence-electron chi connectivity index (χ0n) is 38.6. The van der Waals surface area contributed by atoms with Gasteiger partial charge in [0.05, 0.1) is 34.4 Å². The van der Waals surface area contributed by atoms with E-state index in [2.05, 4.69) is 26.0 Å². The Hall–Kier alpha value is -0.760. The highest BCUT2D eigenvalue weighted by Crippen LogP contribution is 2.43. The summed E-state index contributed by atoms with van der Waals surface area (Å²) in [6.07, 6.45) is 46.7. The van der Waals surface area contributed by atoms with E-state index in [9.17, 15) is 14.3 Å². The van der Waals surface area contributed by atoms with Gasteiger partial charge in [-0.1, -0.05) is 199 Å². The normalized spacial score (nSPS) is 13.7. The SMILES string of the molecule is CCCCCCCCCC/C=C\CCCCCCCCCC(=O)O[C@H](COCCCCCCCCCCCCCCCCCC)COP(=O)(O)OCC[N+](C)(C)C. The van der Waals surface area contributed by atoms with Gasteiger partial charge in [0, 0.05) is 13.0 Å². The molecule has 0 aliphatic carbocycles. The van der Waals surface area contributed by atoms with Crippen molar-refractivity contribution in [1.29, 1.82) is 0 Å². The van der Waals surface area contributed by atoms with E-state index < -0.39 is 13.9 Å². The summed E-state index contributed by atoms with van der Waals surface area (Å²) in [5, 5.41) is 0. The maximum Gasteiger partial charge on any atom is 0.472 e. The number of rotatable bonds is 46. The van der Waals surface area contributed by atoms with Crippen molar-refractivity contribution >= 4 is 13.8 Å². The van der Waals surface area contributed by atoms with Crippen LogP contribution in [0.5, 0.6) is 0 Å². The molecule has 0 aromatic heterocycles. The molecule has 8 nitrogen and oxygen atoms in total. The molecule has 1 N–H and O–H groups in total. The van der Waals surface area contributed by atoms with E-state index in [0.29, 0.717) is 24.1 Å². The Morgan fingerprint density at radius 1 is 0.526 bits per heavy atom. The summed E-state index contributed by atoms with van der Waals surface area (Å²) in [4.78, 5) is 22.9. The average Bonchev–Trinajstić information content (AvgIpc) is 3.16. The van der Waals surface area contributed by atoms with Crippen molar-refractivity contribution in [1.82, 2.24) is 0 Å². The molecule has 0 aromatic rings. The lowest BCUT2D eigenvalue weighted by Gasteiger charge is -2.24. The number of carbonyl (C=O) groups excluding carboxylic acids is 1. The number of nitrogens with zero attached hydrogens (tertiary/aromatic N) is 1. The van der Waals surface area contributed by atoms with E-state index in [1.165, 1.54) is 180 Å². The summed E-state index contributed by atoms with van der Waals surface area (Å²) >= 11 is 0. The second kappa shape index (κ2) is 42.0. The topological polar surface area (TPSA) is 91.3 Å². The van der Waals surface area contributed by atoms with Crippen LogP contribution in [0.15, 0.2) is 12.2 Å². The molecule has 0 aromatic carbocycles. The maximum absolute atomic E-state index is 12.7. The third-order valence-electron chi connectivity index (χ3n) is 10.8. The van der Waals surface area contributed by atoms with Crippen LogP contribution in [-0.2, 0) is 27.9 Å². The summed E-state index contributed by atoms with van der Waals surface area (Å²) in [5.74, 6) is -0.313. The summed E-state index contributed by atoms with van der Waals surface area (Å²) in [6.45, 7) is 5.67. The van der Waals surface area contributed by atoms with Gasteiger partial charge >= 0.3 is 13.8 Å². The van der Waals surface area contributed by atoms with E-state index in [1.807, 2.05) is 21.1 Å². The number of phosphoric acid groups is 1. The molecule has 0 heterocycles. The molecule has 0 rings (SSSR count). The number of carbonyl (C=O) groups is 1. The molecular weight excluding hydrogens is 734 g/mol. The smallest absolute Gasteiger partial charge is 0.457 e. The van der Waals surface area contributed by atoms with Gasteiger partial charge in [-0.15, -0.1) is 0 Å². The lowest BCUT2D eigenvalue weighted by Crippen LogP contribution is -2.37. The Morgan fingerprint density at radius 2 is 0.912 bits per heavy atom. The van der Waals surface area contributed by atoms with Gasteiger partial charge < -0.3 is 18.9 Å². The third kappa shape index (κ3) is 46.2. The Labute approximate surface area is 354 Å². The molecule has 340 valence electrons. The van der Waals surface area contributed by atoms with Crippen LogP contribution < -0.4 is 0 Å². The predicted molar refractivity (Wildman–Crippen MR) is 243 cm³/mol. The number of quaternary nitrogens is 1. The Kier molecular flexibility index (Phi) is 41.4. The van der Waals surface area contributed by atoms with Crippen molar-refractivity contribution in [2.75, 3.05) is 54.1 Å². The fourth-order valence-corrected chi connectivity index (χ4v) is 7.76. The summed E-state index contributed by atoms with van der Waals surface area (Å²) < 4.78 is 35.1. The molecule has 0 bridgehead atoms. The van der Waals surface area contributed by atoms with Gasteiger partial charge in [-0.2, -0.15) is 0 Å². The van der Waals surface area contributed by atoms with Crippen LogP contribution in [0.4, 0.5) is 0 Å². The molecule has 57 heavy (non-hydrogen) atoms. The molecule has 0 radical (unpaired) electrons. The molecule has 2 atom stereocenters. The number of likely N-dealkylation sites (N-methyl/N-ethyl adjacent to an activating group) is 1. The molecule has 0 amide bonds. The van der Waals surface area contributed by atoms with Crippen molar-refractivity contribution in [3.8, 4) is 0 Å². The number of allylic oxidation sites excluding steroid dienone is 2. The Balaban J connectivity index is 4.15. The van der Waals surface area contributed by atoms with Gasteiger partial charge in [0.1, 0.15) is 19.3 Å². The number of ether oxygens (including phenoxy) is 2. The van der Waals surface area contributed by atoms with Gasteiger partial charge in [-0.05, 0) is 38.5 Å². The van der Waals surface area contributed by atoms with Crippen LogP contribution in [0.25, 0.3) is 0 Å². The lowest BCUT2D eigenvalue weighted by molar-refractivity contribution is -0.870. The van der Waals surface area contributed by atoms with Gasteiger partial charge in [-0.25, -0.2) is 4.57 Å². The Morgan fingerprint density at radius 3 is 1.33 bits per heavy atom. The fraction of sp³-hybridized carbons (Fsp3) is 0.938. The van der Waals surface area contributed by atoms with Gasteiger partial charge in [0.15, 0.2) is 0 Å². The first-order valence-corrected chi connectivity index (χ1v) is 25.9. The van der Waals surface area contributed by atoms with Crippen molar-refractivity contribution < 1.29 is 37.3 Å². The highest BCUT2D eigenvalue weighted by atomic mass is 31.2. The number of phosphoric ester groups is 1. The number of hydrogen-bond acceptors (Lipinski definition) is 6. The number of hydrogen-bond donors (Lipinski definition) is 1. The van der Waals surface area contributed by atoms with Crippen molar-refractivity contribution in [3.05, 3.63) is 12.2 Å². The van der Waals surface area contributed by atoms with E-state index in [4.69, 9.17) is 18.5 Å². The molecule has 0 aliphatic heterocycles. The zero-order valence-corrected chi connectivity index (χ0v) is 39.5. The van der Waals surface area contributed by atoms with E-state index in [0.717, 1.165) is 32.1 Å². The molecule has 0 fully saturated rings. The molecule has 9 heteroatoms. The molecule has 0 aliphatic rings. The fourth-order valence-electron chi connectivity index (χ4n) is 7.02. The zero-order chi connectivity index (χ0) is 42.0. The summed E-state index contributed by atoms with van der Waals surface area (Å²) in [7, 11) is 1.68. The first-order chi connectivity index (χ1) is 27.6. The van der Waals surface area contributed by atoms with E-state index in [1.54, 1.807) is 0 Å². The molecule has 1 unspecified atom stereocenters. The average molecular weight is 831 g/mol. The monoisotopic (exact) mass is 831 g/mol. The molecule has 0 saturated carbocycles. The van der Waals surface area contributed by atoms with Crippen LogP contribution in [0, 0.1) is 0 Å². The minimum Gasteiger partial charge on any atom is -0.457 e. The quantitative estimate of drug-likeness (QED) is 0.0215. The van der Waals surface area contributed by atoms with Gasteiger partial charge in [0.2, 0.25) is 0 Å². The number of esters is 1. The Bertz CT molecular complexity index is 925. The largest absolute Gasteiger partial charge is 0.472 e. The van der Waals surface area contributed by atoms with Gasteiger partial charge in [0.25, 0.3) is 0 Å². The summed E-state index contributed by atoms with van der Waals surface area (Å²) in [5.41, 5.74) is 0. The van der Waals surface area contributed by atoms with E-state index in [-0.39, 0.29) is 25.8 Å². The minimum absolute atomic E-state index is 0.0912. The second-order valence-electron chi connectivity index (χ2n) is 17.9.